The van der Waals surface area contributed by atoms with E-state index in [2.05, 4.69) is 41.6 Å². The van der Waals surface area contributed by atoms with Crippen LogP contribution in [0, 0.1) is 18.3 Å². The highest BCUT2D eigenvalue weighted by molar-refractivity contribution is 5.78. The molecule has 3 aromatic rings. The number of aromatic amines is 1. The third-order valence-corrected chi connectivity index (χ3v) is 4.56. The Morgan fingerprint density at radius 1 is 1.35 bits per heavy atom. The fourth-order valence-corrected chi connectivity index (χ4v) is 3.39. The van der Waals surface area contributed by atoms with Crippen molar-refractivity contribution < 1.29 is 0 Å². The Morgan fingerprint density at radius 2 is 2.17 bits per heavy atom. The number of H-pyrrole nitrogens is 1. The number of anilines is 1. The van der Waals surface area contributed by atoms with Crippen molar-refractivity contribution in [2.45, 2.75) is 38.6 Å². The van der Waals surface area contributed by atoms with E-state index in [4.69, 9.17) is 4.98 Å². The summed E-state index contributed by atoms with van der Waals surface area (Å²) in [6.07, 6.45) is 6.63. The molecule has 116 valence electrons. The molecule has 1 saturated carbocycles. The van der Waals surface area contributed by atoms with Gasteiger partial charge in [0, 0.05) is 17.8 Å². The number of benzene rings is 1. The molecule has 4 rings (SSSR count). The second-order valence-corrected chi connectivity index (χ2v) is 6.26. The van der Waals surface area contributed by atoms with Gasteiger partial charge in [0.25, 0.3) is 0 Å². The average Bonchev–Trinajstić information content (AvgIpc) is 3.25. The molecule has 0 amide bonds. The first-order valence-corrected chi connectivity index (χ1v) is 8.10. The summed E-state index contributed by atoms with van der Waals surface area (Å²) in [5.74, 6) is 0.957. The molecule has 0 unspecified atom stereocenters. The van der Waals surface area contributed by atoms with E-state index in [1.165, 1.54) is 31.2 Å². The lowest BCUT2D eigenvalue weighted by molar-refractivity contribution is 0.744. The third kappa shape index (κ3) is 2.36. The monoisotopic (exact) mass is 305 g/mol. The second-order valence-electron chi connectivity index (χ2n) is 6.26. The van der Waals surface area contributed by atoms with Crippen molar-refractivity contribution in [1.82, 2.24) is 14.6 Å². The molecule has 23 heavy (non-hydrogen) atoms. The van der Waals surface area contributed by atoms with Crippen LogP contribution in [0.2, 0.25) is 0 Å². The van der Waals surface area contributed by atoms with E-state index in [1.807, 2.05) is 10.6 Å². The van der Waals surface area contributed by atoms with Gasteiger partial charge in [-0.1, -0.05) is 36.6 Å². The third-order valence-electron chi connectivity index (χ3n) is 4.56. The SMILES string of the molecule is Cc1cccc(-c2nc3c(C#N)c[nH]n3c2NC2CCCC2)c1. The van der Waals surface area contributed by atoms with Gasteiger partial charge in [0.15, 0.2) is 11.5 Å². The van der Waals surface area contributed by atoms with E-state index in [0.29, 0.717) is 17.3 Å². The van der Waals surface area contributed by atoms with E-state index in [1.54, 1.807) is 6.20 Å². The van der Waals surface area contributed by atoms with Gasteiger partial charge in [-0.3, -0.25) is 5.10 Å². The number of nitrogens with one attached hydrogen (secondary N) is 2. The molecule has 0 radical (unpaired) electrons. The minimum Gasteiger partial charge on any atom is -0.365 e. The van der Waals surface area contributed by atoms with Crippen LogP contribution in [0.4, 0.5) is 5.82 Å². The van der Waals surface area contributed by atoms with Crippen LogP contribution in [-0.4, -0.2) is 20.6 Å². The van der Waals surface area contributed by atoms with E-state index in [9.17, 15) is 5.26 Å². The molecule has 2 heterocycles. The minimum absolute atomic E-state index is 0.479. The van der Waals surface area contributed by atoms with Crippen molar-refractivity contribution in [3.05, 3.63) is 41.6 Å². The number of nitrogens with zero attached hydrogens (tertiary/aromatic N) is 3. The Kier molecular flexibility index (Phi) is 3.30. The highest BCUT2D eigenvalue weighted by Crippen LogP contribution is 2.32. The van der Waals surface area contributed by atoms with Gasteiger partial charge in [0.1, 0.15) is 17.3 Å². The summed E-state index contributed by atoms with van der Waals surface area (Å²) < 4.78 is 1.90. The second kappa shape index (κ2) is 5.47. The molecular weight excluding hydrogens is 286 g/mol. The van der Waals surface area contributed by atoms with Crippen LogP contribution in [0.3, 0.4) is 0 Å². The summed E-state index contributed by atoms with van der Waals surface area (Å²) in [6, 6.07) is 11.0. The lowest BCUT2D eigenvalue weighted by atomic mass is 10.1. The molecule has 0 spiro atoms. The molecule has 0 aliphatic heterocycles. The maximum absolute atomic E-state index is 9.28. The van der Waals surface area contributed by atoms with E-state index >= 15 is 0 Å². The average molecular weight is 305 g/mol. The zero-order valence-corrected chi connectivity index (χ0v) is 13.1. The number of nitriles is 1. The minimum atomic E-state index is 0.479. The van der Waals surface area contributed by atoms with Gasteiger partial charge in [0.2, 0.25) is 0 Å². The summed E-state index contributed by atoms with van der Waals surface area (Å²) in [5.41, 5.74) is 4.43. The summed E-state index contributed by atoms with van der Waals surface area (Å²) in [5, 5.41) is 16.1. The quantitative estimate of drug-likeness (QED) is 0.772. The van der Waals surface area contributed by atoms with Crippen molar-refractivity contribution in [2.24, 2.45) is 0 Å². The van der Waals surface area contributed by atoms with E-state index in [0.717, 1.165) is 17.1 Å². The zero-order chi connectivity index (χ0) is 15.8. The molecule has 0 atom stereocenters. The molecule has 1 aromatic carbocycles. The molecule has 0 bridgehead atoms. The number of hydrogen-bond donors (Lipinski definition) is 2. The maximum atomic E-state index is 9.28. The molecular formula is C18H19N5. The van der Waals surface area contributed by atoms with Crippen LogP contribution in [0.25, 0.3) is 16.9 Å². The summed E-state index contributed by atoms with van der Waals surface area (Å²) in [6.45, 7) is 2.08. The number of hydrogen-bond acceptors (Lipinski definition) is 3. The van der Waals surface area contributed by atoms with Crippen LogP contribution in [0.15, 0.2) is 30.5 Å². The summed E-state index contributed by atoms with van der Waals surface area (Å²) in [4.78, 5) is 4.74. The number of aromatic nitrogens is 3. The highest BCUT2D eigenvalue weighted by Gasteiger charge is 2.22. The number of imidazole rings is 1. The number of rotatable bonds is 3. The molecule has 5 nitrogen and oxygen atoms in total. The van der Waals surface area contributed by atoms with Gasteiger partial charge in [-0.25, -0.2) is 9.50 Å². The summed E-state index contributed by atoms with van der Waals surface area (Å²) in [7, 11) is 0. The van der Waals surface area contributed by atoms with Crippen molar-refractivity contribution in [3.63, 3.8) is 0 Å². The first kappa shape index (κ1) is 13.9. The molecule has 0 saturated heterocycles. The maximum Gasteiger partial charge on any atom is 0.173 e. The first-order chi connectivity index (χ1) is 11.3. The lowest BCUT2D eigenvalue weighted by Gasteiger charge is -2.14. The first-order valence-electron chi connectivity index (χ1n) is 8.10. The van der Waals surface area contributed by atoms with Crippen molar-refractivity contribution in [2.75, 3.05) is 5.32 Å². The molecule has 1 aliphatic carbocycles. The van der Waals surface area contributed by atoms with Crippen LogP contribution >= 0.6 is 0 Å². The zero-order valence-electron chi connectivity index (χ0n) is 13.1. The summed E-state index contributed by atoms with van der Waals surface area (Å²) >= 11 is 0. The van der Waals surface area contributed by atoms with Crippen molar-refractivity contribution in [3.8, 4) is 17.3 Å². The molecule has 1 aliphatic rings. The van der Waals surface area contributed by atoms with Crippen LogP contribution in [0.1, 0.15) is 36.8 Å². The normalized spacial score (nSPS) is 15.1. The predicted molar refractivity (Wildman–Crippen MR) is 90.3 cm³/mol. The molecule has 5 heteroatoms. The lowest BCUT2D eigenvalue weighted by Crippen LogP contribution is -2.16. The van der Waals surface area contributed by atoms with E-state index < -0.39 is 0 Å². The predicted octanol–water partition coefficient (Wildman–Crippen LogP) is 3.86. The van der Waals surface area contributed by atoms with Gasteiger partial charge in [-0.2, -0.15) is 5.26 Å². The Morgan fingerprint density at radius 3 is 2.91 bits per heavy atom. The molecule has 2 aromatic heterocycles. The van der Waals surface area contributed by atoms with Crippen LogP contribution in [-0.2, 0) is 0 Å². The Balaban J connectivity index is 1.87. The van der Waals surface area contributed by atoms with Crippen molar-refractivity contribution in [1.29, 1.82) is 5.26 Å². The fraction of sp³-hybridized carbons (Fsp3) is 0.333. The van der Waals surface area contributed by atoms with Gasteiger partial charge in [-0.05, 0) is 25.8 Å². The topological polar surface area (TPSA) is 68.9 Å². The van der Waals surface area contributed by atoms with Crippen molar-refractivity contribution >= 4 is 11.5 Å². The van der Waals surface area contributed by atoms with Gasteiger partial charge in [-0.15, -0.1) is 0 Å². The van der Waals surface area contributed by atoms with Crippen LogP contribution < -0.4 is 5.32 Å². The van der Waals surface area contributed by atoms with Gasteiger partial charge < -0.3 is 5.32 Å². The Bertz CT molecular complexity index is 890. The Hall–Kier alpha value is -2.74. The van der Waals surface area contributed by atoms with Gasteiger partial charge >= 0.3 is 0 Å². The largest absolute Gasteiger partial charge is 0.365 e. The molecule has 1 fully saturated rings. The number of aryl methyl sites for hydroxylation is 1. The highest BCUT2D eigenvalue weighted by atomic mass is 15.3. The standard InChI is InChI=1S/C18H19N5/c1-12-5-4-6-13(9-12)16-18(21-15-7-2-3-8-15)23-17(22-16)14(10-19)11-20-23/h4-6,9,11,15,20-21H,2-3,7-8H2,1H3. The van der Waals surface area contributed by atoms with Gasteiger partial charge in [0.05, 0.1) is 0 Å². The molecule has 2 N–H and O–H groups in total. The smallest absolute Gasteiger partial charge is 0.173 e. The fourth-order valence-electron chi connectivity index (χ4n) is 3.39. The number of fused-ring (bicyclic) bond motifs is 1. The Labute approximate surface area is 134 Å². The van der Waals surface area contributed by atoms with Crippen LogP contribution in [0.5, 0.6) is 0 Å². The van der Waals surface area contributed by atoms with E-state index in [-0.39, 0.29) is 0 Å².